The van der Waals surface area contributed by atoms with E-state index in [4.69, 9.17) is 5.73 Å². The van der Waals surface area contributed by atoms with E-state index in [-0.39, 0.29) is 24.4 Å². The van der Waals surface area contributed by atoms with Crippen LogP contribution in [0.25, 0.3) is 0 Å². The van der Waals surface area contributed by atoms with Gasteiger partial charge in [-0.15, -0.1) is 12.4 Å². The maximum Gasteiger partial charge on any atom is 0.243 e. The van der Waals surface area contributed by atoms with E-state index in [2.05, 4.69) is 0 Å². The number of rotatable bonds is 5. The molecule has 0 spiro atoms. The Morgan fingerprint density at radius 1 is 1.29 bits per heavy atom. The fraction of sp³-hybridized carbons (Fsp3) is 0.462. The van der Waals surface area contributed by atoms with Gasteiger partial charge in [-0.3, -0.25) is 4.79 Å². The second kappa shape index (κ2) is 8.09. The predicted molar refractivity (Wildman–Crippen MR) is 74.6 cm³/mol. The zero-order valence-electron chi connectivity index (χ0n) is 10.4. The van der Waals surface area contributed by atoms with Crippen molar-refractivity contribution < 1.29 is 4.79 Å². The standard InChI is InChI=1S/C13H20N2O.ClH/c1-3-8-12(14)13(16)15(4-2)11-9-6-5-7-10-11;/h5-7,9-10,12H,3-4,8,14H2,1-2H3;1H. The van der Waals surface area contributed by atoms with Gasteiger partial charge >= 0.3 is 0 Å². The third-order valence-corrected chi connectivity index (χ3v) is 2.57. The first-order valence-electron chi connectivity index (χ1n) is 5.82. The number of likely N-dealkylation sites (N-methyl/N-ethyl adjacent to an activating group) is 1. The first-order valence-corrected chi connectivity index (χ1v) is 5.82. The molecule has 0 aromatic heterocycles. The summed E-state index contributed by atoms with van der Waals surface area (Å²) in [7, 11) is 0. The first kappa shape index (κ1) is 15.9. The number of nitrogens with two attached hydrogens (primary N) is 1. The van der Waals surface area contributed by atoms with Crippen molar-refractivity contribution in [2.45, 2.75) is 32.7 Å². The Hall–Kier alpha value is -1.06. The fourth-order valence-electron chi connectivity index (χ4n) is 1.71. The van der Waals surface area contributed by atoms with Crippen LogP contribution in [-0.2, 0) is 4.79 Å². The van der Waals surface area contributed by atoms with Gasteiger partial charge in [0.25, 0.3) is 0 Å². The van der Waals surface area contributed by atoms with Crippen LogP contribution < -0.4 is 10.6 Å². The second-order valence-corrected chi connectivity index (χ2v) is 3.81. The molecule has 0 radical (unpaired) electrons. The number of nitrogens with zero attached hydrogens (tertiary/aromatic N) is 1. The van der Waals surface area contributed by atoms with Gasteiger partial charge in [-0.05, 0) is 25.5 Å². The average molecular weight is 257 g/mol. The van der Waals surface area contributed by atoms with E-state index < -0.39 is 0 Å². The quantitative estimate of drug-likeness (QED) is 0.880. The second-order valence-electron chi connectivity index (χ2n) is 3.81. The summed E-state index contributed by atoms with van der Waals surface area (Å²) in [5.41, 5.74) is 6.77. The number of amides is 1. The van der Waals surface area contributed by atoms with Gasteiger partial charge < -0.3 is 10.6 Å². The largest absolute Gasteiger partial charge is 0.320 e. The molecule has 0 aliphatic carbocycles. The SMILES string of the molecule is CCCC(N)C(=O)N(CC)c1ccccc1.Cl. The van der Waals surface area contributed by atoms with Gasteiger partial charge in [0.1, 0.15) is 0 Å². The van der Waals surface area contributed by atoms with Crippen molar-refractivity contribution >= 4 is 24.0 Å². The van der Waals surface area contributed by atoms with Crippen LogP contribution in [-0.4, -0.2) is 18.5 Å². The minimum atomic E-state index is -0.384. The van der Waals surface area contributed by atoms with Gasteiger partial charge in [0.15, 0.2) is 0 Å². The number of para-hydroxylation sites is 1. The van der Waals surface area contributed by atoms with Crippen LogP contribution in [0.4, 0.5) is 5.69 Å². The van der Waals surface area contributed by atoms with E-state index in [0.29, 0.717) is 6.54 Å². The molecule has 1 unspecified atom stereocenters. The molecule has 1 aromatic carbocycles. The predicted octanol–water partition coefficient (Wildman–Crippen LogP) is 2.59. The van der Waals surface area contributed by atoms with E-state index in [9.17, 15) is 4.79 Å². The van der Waals surface area contributed by atoms with E-state index in [1.165, 1.54) is 0 Å². The maximum atomic E-state index is 12.1. The van der Waals surface area contributed by atoms with Crippen LogP contribution in [0.5, 0.6) is 0 Å². The van der Waals surface area contributed by atoms with Gasteiger partial charge in [-0.1, -0.05) is 31.5 Å². The first-order chi connectivity index (χ1) is 7.70. The lowest BCUT2D eigenvalue weighted by Crippen LogP contribution is -2.43. The van der Waals surface area contributed by atoms with Crippen molar-refractivity contribution in [3.8, 4) is 0 Å². The molecule has 96 valence electrons. The van der Waals surface area contributed by atoms with Crippen molar-refractivity contribution in [1.29, 1.82) is 0 Å². The van der Waals surface area contributed by atoms with Crippen molar-refractivity contribution in [2.75, 3.05) is 11.4 Å². The Balaban J connectivity index is 0.00000256. The van der Waals surface area contributed by atoms with Gasteiger partial charge in [0.05, 0.1) is 6.04 Å². The zero-order valence-corrected chi connectivity index (χ0v) is 11.2. The minimum Gasteiger partial charge on any atom is -0.320 e. The van der Waals surface area contributed by atoms with Gasteiger partial charge in [0.2, 0.25) is 5.91 Å². The van der Waals surface area contributed by atoms with E-state index >= 15 is 0 Å². The van der Waals surface area contributed by atoms with Gasteiger partial charge in [0, 0.05) is 12.2 Å². The highest BCUT2D eigenvalue weighted by atomic mass is 35.5. The number of anilines is 1. The molecule has 1 amide bonds. The highest BCUT2D eigenvalue weighted by molar-refractivity contribution is 5.96. The van der Waals surface area contributed by atoms with E-state index in [0.717, 1.165) is 18.5 Å². The number of hydrogen-bond acceptors (Lipinski definition) is 2. The number of halogens is 1. The number of carbonyl (C=O) groups excluding carboxylic acids is 1. The minimum absolute atomic E-state index is 0. The highest BCUT2D eigenvalue weighted by Crippen LogP contribution is 2.14. The van der Waals surface area contributed by atoms with Crippen LogP contribution in [0.1, 0.15) is 26.7 Å². The summed E-state index contributed by atoms with van der Waals surface area (Å²) in [6.07, 6.45) is 1.67. The molecule has 2 N–H and O–H groups in total. The molecule has 0 heterocycles. The maximum absolute atomic E-state index is 12.1. The van der Waals surface area contributed by atoms with Crippen LogP contribution in [0.3, 0.4) is 0 Å². The average Bonchev–Trinajstić information content (AvgIpc) is 2.31. The summed E-state index contributed by atoms with van der Waals surface area (Å²) in [6.45, 7) is 4.65. The molecule has 4 heteroatoms. The molecule has 1 aromatic rings. The molecule has 0 aliphatic rings. The van der Waals surface area contributed by atoms with Crippen molar-refractivity contribution in [1.82, 2.24) is 0 Å². The van der Waals surface area contributed by atoms with Crippen molar-refractivity contribution in [2.24, 2.45) is 5.73 Å². The fourth-order valence-corrected chi connectivity index (χ4v) is 1.71. The molecule has 3 nitrogen and oxygen atoms in total. The molecule has 1 rings (SSSR count). The summed E-state index contributed by atoms with van der Waals surface area (Å²) < 4.78 is 0. The Kier molecular flexibility index (Phi) is 7.59. The smallest absolute Gasteiger partial charge is 0.243 e. The Bertz CT molecular complexity index is 329. The lowest BCUT2D eigenvalue weighted by atomic mass is 10.1. The number of carbonyl (C=O) groups is 1. The molecule has 0 saturated carbocycles. The Morgan fingerprint density at radius 3 is 2.35 bits per heavy atom. The van der Waals surface area contributed by atoms with Crippen LogP contribution in [0.15, 0.2) is 30.3 Å². The summed E-state index contributed by atoms with van der Waals surface area (Å²) in [5.74, 6) is 0.00977. The molecule has 17 heavy (non-hydrogen) atoms. The molecule has 0 saturated heterocycles. The summed E-state index contributed by atoms with van der Waals surface area (Å²) in [5, 5.41) is 0. The van der Waals surface area contributed by atoms with Gasteiger partial charge in [-0.2, -0.15) is 0 Å². The molecule has 0 aliphatic heterocycles. The highest BCUT2D eigenvalue weighted by Gasteiger charge is 2.19. The summed E-state index contributed by atoms with van der Waals surface area (Å²) in [4.78, 5) is 13.8. The number of benzene rings is 1. The zero-order chi connectivity index (χ0) is 12.0. The number of hydrogen-bond donors (Lipinski definition) is 1. The lowest BCUT2D eigenvalue weighted by molar-refractivity contribution is -0.119. The lowest BCUT2D eigenvalue weighted by Gasteiger charge is -2.24. The Labute approximate surface area is 109 Å². The van der Waals surface area contributed by atoms with Crippen LogP contribution >= 0.6 is 12.4 Å². The third kappa shape index (κ3) is 4.36. The summed E-state index contributed by atoms with van der Waals surface area (Å²) >= 11 is 0. The molecular weight excluding hydrogens is 236 g/mol. The van der Waals surface area contributed by atoms with Gasteiger partial charge in [-0.25, -0.2) is 0 Å². The third-order valence-electron chi connectivity index (χ3n) is 2.57. The molecule has 0 bridgehead atoms. The van der Waals surface area contributed by atoms with Crippen LogP contribution in [0, 0.1) is 0 Å². The van der Waals surface area contributed by atoms with Crippen LogP contribution in [0.2, 0.25) is 0 Å². The van der Waals surface area contributed by atoms with Crippen molar-refractivity contribution in [3.05, 3.63) is 30.3 Å². The molecule has 1 atom stereocenters. The van der Waals surface area contributed by atoms with E-state index in [1.54, 1.807) is 4.90 Å². The molecule has 0 fully saturated rings. The topological polar surface area (TPSA) is 46.3 Å². The molecular formula is C13H21ClN2O. The monoisotopic (exact) mass is 256 g/mol. The summed E-state index contributed by atoms with van der Waals surface area (Å²) in [6, 6.07) is 9.27. The normalized spacial score (nSPS) is 11.5. The Morgan fingerprint density at radius 2 is 1.88 bits per heavy atom. The van der Waals surface area contributed by atoms with Crippen molar-refractivity contribution in [3.63, 3.8) is 0 Å². The van der Waals surface area contributed by atoms with E-state index in [1.807, 2.05) is 44.2 Å².